The van der Waals surface area contributed by atoms with Gasteiger partial charge in [0, 0.05) is 29.7 Å². The summed E-state index contributed by atoms with van der Waals surface area (Å²) in [6, 6.07) is 9.82. The summed E-state index contributed by atoms with van der Waals surface area (Å²) in [6.45, 7) is 16.0. The summed E-state index contributed by atoms with van der Waals surface area (Å²) in [5.41, 5.74) is 1.17. The quantitative estimate of drug-likeness (QED) is 0.213. The number of benzene rings is 2. The number of nitrogens with zero attached hydrogens (tertiary/aromatic N) is 1. The lowest BCUT2D eigenvalue weighted by Gasteiger charge is -2.11. The number of rotatable bonds is 12. The summed E-state index contributed by atoms with van der Waals surface area (Å²) in [7, 11) is 0. The van der Waals surface area contributed by atoms with Crippen LogP contribution in [0.25, 0.3) is 12.4 Å². The SMILES string of the molecule is C=c1cc(OCCCCC)cc(F)/c1=C(/N=C\C)Nc1ccc(NC(=O)CC(=O)NC(C)C)cc1.CC. The van der Waals surface area contributed by atoms with E-state index in [4.69, 9.17) is 4.74 Å². The lowest BCUT2D eigenvalue weighted by Crippen LogP contribution is -2.33. The maximum Gasteiger partial charge on any atom is 0.233 e. The van der Waals surface area contributed by atoms with Crippen molar-refractivity contribution >= 4 is 41.8 Å². The molecular formula is C29H41FN4O3. The number of anilines is 2. The number of carbonyl (C=O) groups excluding carboxylic acids is 2. The number of aliphatic imine (C=N–C) groups is 1. The van der Waals surface area contributed by atoms with E-state index < -0.39 is 11.7 Å². The van der Waals surface area contributed by atoms with E-state index in [9.17, 15) is 9.59 Å². The molecule has 3 N–H and O–H groups in total. The third kappa shape index (κ3) is 11.3. The van der Waals surface area contributed by atoms with E-state index in [-0.39, 0.29) is 23.6 Å². The Bertz CT molecular complexity index is 1140. The van der Waals surface area contributed by atoms with Gasteiger partial charge in [-0.3, -0.25) is 9.59 Å². The van der Waals surface area contributed by atoms with Crippen LogP contribution in [0.5, 0.6) is 5.75 Å². The molecule has 0 aromatic heterocycles. The van der Waals surface area contributed by atoms with Crippen molar-refractivity contribution < 1.29 is 18.7 Å². The van der Waals surface area contributed by atoms with Gasteiger partial charge in [0.1, 0.15) is 23.8 Å². The van der Waals surface area contributed by atoms with Crippen molar-refractivity contribution in [3.05, 3.63) is 52.7 Å². The van der Waals surface area contributed by atoms with Crippen molar-refractivity contribution in [3.8, 4) is 5.75 Å². The molecule has 0 saturated heterocycles. The molecule has 0 saturated carbocycles. The second-order valence-electron chi connectivity index (χ2n) is 8.38. The molecule has 7 nitrogen and oxygen atoms in total. The first-order valence-electron chi connectivity index (χ1n) is 12.8. The van der Waals surface area contributed by atoms with Crippen molar-refractivity contribution in [2.45, 2.75) is 73.3 Å². The van der Waals surface area contributed by atoms with Crippen LogP contribution < -0.4 is 31.1 Å². The van der Waals surface area contributed by atoms with Crippen molar-refractivity contribution in [3.63, 3.8) is 0 Å². The second kappa shape index (κ2) is 16.9. The van der Waals surface area contributed by atoms with Crippen LogP contribution in [0.3, 0.4) is 0 Å². The third-order valence-electron chi connectivity index (χ3n) is 4.86. The number of unbranched alkanes of at least 4 members (excludes halogenated alkanes) is 2. The molecule has 0 unspecified atom stereocenters. The molecule has 0 radical (unpaired) electrons. The molecule has 0 aliphatic rings. The van der Waals surface area contributed by atoms with E-state index in [1.807, 2.05) is 27.7 Å². The first-order valence-corrected chi connectivity index (χ1v) is 12.8. The molecule has 2 aromatic rings. The van der Waals surface area contributed by atoms with Gasteiger partial charge in [-0.05, 0) is 62.7 Å². The summed E-state index contributed by atoms with van der Waals surface area (Å²) in [5.74, 6) is -0.494. The highest BCUT2D eigenvalue weighted by molar-refractivity contribution is 6.03. The van der Waals surface area contributed by atoms with Crippen LogP contribution in [-0.2, 0) is 9.59 Å². The molecule has 2 rings (SSSR count). The second-order valence-corrected chi connectivity index (χ2v) is 8.38. The van der Waals surface area contributed by atoms with Gasteiger partial charge in [0.25, 0.3) is 0 Å². The average molecular weight is 513 g/mol. The molecule has 2 aromatic carbocycles. The van der Waals surface area contributed by atoms with Crippen LogP contribution in [0.15, 0.2) is 41.4 Å². The Morgan fingerprint density at radius 2 is 1.68 bits per heavy atom. The fraction of sp³-hybridized carbons (Fsp3) is 0.414. The Balaban J connectivity index is 0.00000334. The summed E-state index contributed by atoms with van der Waals surface area (Å²) in [4.78, 5) is 28.1. The van der Waals surface area contributed by atoms with E-state index in [1.54, 1.807) is 43.5 Å². The largest absolute Gasteiger partial charge is 0.493 e. The van der Waals surface area contributed by atoms with Crippen LogP contribution in [0.4, 0.5) is 15.8 Å². The van der Waals surface area contributed by atoms with Crippen molar-refractivity contribution in [1.29, 1.82) is 0 Å². The summed E-state index contributed by atoms with van der Waals surface area (Å²) in [6.07, 6.45) is 4.35. The molecule has 0 spiro atoms. The molecule has 0 aliphatic heterocycles. The van der Waals surface area contributed by atoms with Crippen LogP contribution in [0.2, 0.25) is 0 Å². The zero-order valence-corrected chi connectivity index (χ0v) is 22.9. The van der Waals surface area contributed by atoms with Crippen molar-refractivity contribution in [1.82, 2.24) is 5.32 Å². The molecular weight excluding hydrogens is 471 g/mol. The van der Waals surface area contributed by atoms with E-state index in [2.05, 4.69) is 34.4 Å². The molecule has 0 bridgehead atoms. The smallest absolute Gasteiger partial charge is 0.233 e. The predicted molar refractivity (Wildman–Crippen MR) is 152 cm³/mol. The number of nitrogens with one attached hydrogen (secondary N) is 3. The van der Waals surface area contributed by atoms with E-state index in [0.29, 0.717) is 34.8 Å². The van der Waals surface area contributed by atoms with E-state index in [1.165, 1.54) is 6.07 Å². The number of amides is 2. The fourth-order valence-electron chi connectivity index (χ4n) is 3.31. The van der Waals surface area contributed by atoms with Crippen molar-refractivity contribution in [2.24, 2.45) is 4.99 Å². The van der Waals surface area contributed by atoms with Gasteiger partial charge in [-0.25, -0.2) is 9.38 Å². The normalized spacial score (nSPS) is 11.5. The summed E-state index contributed by atoms with van der Waals surface area (Å²) in [5, 5.41) is 9.17. The maximum atomic E-state index is 15.0. The highest BCUT2D eigenvalue weighted by Crippen LogP contribution is 2.16. The van der Waals surface area contributed by atoms with Crippen LogP contribution in [0.1, 0.15) is 67.2 Å². The fourth-order valence-corrected chi connectivity index (χ4v) is 3.31. The van der Waals surface area contributed by atoms with Gasteiger partial charge in [-0.2, -0.15) is 0 Å². The van der Waals surface area contributed by atoms with Gasteiger partial charge in [0.05, 0.1) is 11.8 Å². The van der Waals surface area contributed by atoms with Gasteiger partial charge in [-0.15, -0.1) is 0 Å². The molecule has 37 heavy (non-hydrogen) atoms. The Hall–Kier alpha value is -3.68. The van der Waals surface area contributed by atoms with Gasteiger partial charge in [0.15, 0.2) is 0 Å². The maximum absolute atomic E-state index is 15.0. The van der Waals surface area contributed by atoms with Gasteiger partial charge in [0.2, 0.25) is 11.8 Å². The van der Waals surface area contributed by atoms with E-state index >= 15 is 4.39 Å². The minimum atomic E-state index is -0.486. The highest BCUT2D eigenvalue weighted by Gasteiger charge is 2.11. The van der Waals surface area contributed by atoms with E-state index in [0.717, 1.165) is 19.3 Å². The first kappa shape index (κ1) is 31.4. The Morgan fingerprint density at radius 1 is 1.05 bits per heavy atom. The molecule has 0 fully saturated rings. The predicted octanol–water partition coefficient (Wildman–Crippen LogP) is 4.95. The zero-order valence-electron chi connectivity index (χ0n) is 22.9. The Morgan fingerprint density at radius 3 is 2.22 bits per heavy atom. The van der Waals surface area contributed by atoms with Crippen molar-refractivity contribution in [2.75, 3.05) is 17.2 Å². The van der Waals surface area contributed by atoms with Crippen LogP contribution in [0, 0.1) is 5.82 Å². The third-order valence-corrected chi connectivity index (χ3v) is 4.86. The molecule has 0 heterocycles. The number of ether oxygens (including phenoxy) is 1. The first-order chi connectivity index (χ1) is 17.7. The lowest BCUT2D eigenvalue weighted by molar-refractivity contribution is -0.127. The number of hydrogen-bond donors (Lipinski definition) is 3. The topological polar surface area (TPSA) is 91.8 Å². The molecule has 202 valence electrons. The monoisotopic (exact) mass is 512 g/mol. The average Bonchev–Trinajstić information content (AvgIpc) is 2.83. The molecule has 8 heteroatoms. The minimum Gasteiger partial charge on any atom is -0.493 e. The molecule has 2 amide bonds. The Kier molecular flexibility index (Phi) is 14.3. The van der Waals surface area contributed by atoms with Gasteiger partial charge in [-0.1, -0.05) is 40.2 Å². The molecule has 0 aliphatic carbocycles. The standard InChI is InChI=1S/C27H35FN4O3.C2H6/c1-6-8-9-14-35-22-15-19(5)26(23(28)16-22)27(29-7-2)32-21-12-10-20(11-13-21)31-25(34)17-24(33)30-18(3)4;1-2/h7,10-13,15-16,18,32H,5-6,8-9,14,17H2,1-4H3,(H,30,33)(H,31,34);1-2H3/b27-26-,29-7-;. The summed E-state index contributed by atoms with van der Waals surface area (Å²) >= 11 is 0. The number of hydrogen-bond acceptors (Lipinski definition) is 5. The summed E-state index contributed by atoms with van der Waals surface area (Å²) < 4.78 is 20.7. The lowest BCUT2D eigenvalue weighted by atomic mass is 10.2. The Labute approximate surface area is 219 Å². The molecule has 0 atom stereocenters. The highest BCUT2D eigenvalue weighted by atomic mass is 19.1. The van der Waals surface area contributed by atoms with Crippen LogP contribution >= 0.6 is 0 Å². The van der Waals surface area contributed by atoms with Gasteiger partial charge >= 0.3 is 0 Å². The minimum absolute atomic E-state index is 0.0323. The van der Waals surface area contributed by atoms with Crippen LogP contribution in [-0.4, -0.2) is 30.7 Å². The zero-order chi connectivity index (χ0) is 27.8. The number of carbonyl (C=O) groups is 2. The number of halogens is 1. The van der Waals surface area contributed by atoms with Gasteiger partial charge < -0.3 is 20.7 Å².